The van der Waals surface area contributed by atoms with E-state index in [-0.39, 0.29) is 11.9 Å². The third-order valence-corrected chi connectivity index (χ3v) is 6.90. The molecule has 1 N–H and O–H groups in total. The smallest absolute Gasteiger partial charge is 0.253 e. The number of carbonyl (C=O) groups is 1. The first-order valence-corrected chi connectivity index (χ1v) is 12.2. The van der Waals surface area contributed by atoms with Crippen LogP contribution in [0.3, 0.4) is 0 Å². The second kappa shape index (κ2) is 10.1. The summed E-state index contributed by atoms with van der Waals surface area (Å²) in [6.45, 7) is 2.51. The van der Waals surface area contributed by atoms with Gasteiger partial charge in [0.2, 0.25) is 5.95 Å². The number of halogens is 2. The lowest BCUT2D eigenvalue weighted by atomic mass is 10.0. The molecular formula is C26H25Cl2N5O. The molecule has 0 spiro atoms. The normalized spacial score (nSPS) is 15.4. The fraction of sp³-hybridized carbons (Fsp3) is 0.269. The Kier molecular flexibility index (Phi) is 6.81. The molecule has 1 aliphatic heterocycles. The Labute approximate surface area is 208 Å². The zero-order valence-corrected chi connectivity index (χ0v) is 20.1. The van der Waals surface area contributed by atoms with Crippen LogP contribution in [0.4, 0.5) is 0 Å². The lowest BCUT2D eigenvalue weighted by Crippen LogP contribution is -2.40. The Morgan fingerprint density at radius 3 is 2.44 bits per heavy atom. The van der Waals surface area contributed by atoms with Crippen LogP contribution in [0.25, 0.3) is 16.9 Å². The number of amides is 1. The fourth-order valence-corrected chi connectivity index (χ4v) is 5.05. The van der Waals surface area contributed by atoms with Crippen molar-refractivity contribution in [3.05, 3.63) is 88.3 Å². The number of nitrogens with zero attached hydrogens (tertiary/aromatic N) is 4. The number of rotatable bonds is 6. The van der Waals surface area contributed by atoms with E-state index in [1.807, 2.05) is 36.4 Å². The Morgan fingerprint density at radius 2 is 1.71 bits per heavy atom. The molecule has 5 rings (SSSR count). The van der Waals surface area contributed by atoms with Crippen LogP contribution < -0.4 is 5.32 Å². The fourth-order valence-electron chi connectivity index (χ4n) is 4.65. The molecule has 4 aromatic rings. The molecule has 1 fully saturated rings. The molecule has 1 atom stereocenters. The highest BCUT2D eigenvalue weighted by molar-refractivity contribution is 6.37. The molecule has 2 aromatic heterocycles. The maximum Gasteiger partial charge on any atom is 0.253 e. The van der Waals surface area contributed by atoms with Gasteiger partial charge in [-0.15, -0.1) is 0 Å². The molecule has 0 radical (unpaired) electrons. The third-order valence-electron chi connectivity index (χ3n) is 6.33. The molecule has 1 saturated heterocycles. The maximum atomic E-state index is 13.5. The lowest BCUT2D eigenvalue weighted by Gasteiger charge is -2.35. The van der Waals surface area contributed by atoms with Crippen LogP contribution >= 0.6 is 23.2 Å². The molecular weight excluding hydrogens is 469 g/mol. The highest BCUT2D eigenvalue weighted by Gasteiger charge is 2.25. The molecule has 0 bridgehead atoms. The number of fused-ring (bicyclic) bond motifs is 1. The predicted octanol–water partition coefficient (Wildman–Crippen LogP) is 5.68. The summed E-state index contributed by atoms with van der Waals surface area (Å²) in [5.74, 6) is 0.310. The topological polar surface area (TPSA) is 63.1 Å². The van der Waals surface area contributed by atoms with E-state index in [1.54, 1.807) is 35.3 Å². The van der Waals surface area contributed by atoms with Crippen molar-refractivity contribution in [2.75, 3.05) is 19.6 Å². The van der Waals surface area contributed by atoms with Gasteiger partial charge in [-0.2, -0.15) is 0 Å². The minimum absolute atomic E-state index is 0.0720. The van der Waals surface area contributed by atoms with E-state index in [1.165, 1.54) is 6.42 Å². The average Bonchev–Trinajstić information content (AvgIpc) is 3.27. The van der Waals surface area contributed by atoms with E-state index in [0.29, 0.717) is 33.5 Å². The van der Waals surface area contributed by atoms with Gasteiger partial charge in [0, 0.05) is 35.5 Å². The molecule has 6 nitrogen and oxygen atoms in total. The van der Waals surface area contributed by atoms with E-state index >= 15 is 0 Å². The van der Waals surface area contributed by atoms with E-state index in [9.17, 15) is 4.79 Å². The minimum atomic E-state index is -0.177. The van der Waals surface area contributed by atoms with Crippen LogP contribution in [0.5, 0.6) is 0 Å². The van der Waals surface area contributed by atoms with Gasteiger partial charge in [0.25, 0.3) is 5.91 Å². The van der Waals surface area contributed by atoms with Crippen LogP contribution in [0.2, 0.25) is 10.0 Å². The van der Waals surface area contributed by atoms with Gasteiger partial charge >= 0.3 is 0 Å². The standard InChI is InChI=1S/C26H25Cl2N5O/c27-19-10-8-18(9-11-19)23(32-14-2-1-3-15-32)16-31-25(34)20-17-33(26-29-12-5-13-30-26)22-7-4-6-21(28)24(20)22/h4-13,17,23H,1-3,14-16H2,(H,31,34). The summed E-state index contributed by atoms with van der Waals surface area (Å²) in [4.78, 5) is 24.6. The van der Waals surface area contributed by atoms with Crippen molar-refractivity contribution in [2.45, 2.75) is 25.3 Å². The monoisotopic (exact) mass is 493 g/mol. The first-order chi connectivity index (χ1) is 16.6. The van der Waals surface area contributed by atoms with Gasteiger partial charge in [0.15, 0.2) is 0 Å². The van der Waals surface area contributed by atoms with Crippen molar-refractivity contribution in [1.29, 1.82) is 0 Å². The Hall–Kier alpha value is -2.93. The zero-order valence-electron chi connectivity index (χ0n) is 18.6. The first kappa shape index (κ1) is 22.8. The number of piperidine rings is 1. The number of carbonyl (C=O) groups excluding carboxylic acids is 1. The van der Waals surface area contributed by atoms with Crippen LogP contribution in [-0.4, -0.2) is 45.0 Å². The van der Waals surface area contributed by atoms with Gasteiger partial charge in [0.05, 0.1) is 22.1 Å². The van der Waals surface area contributed by atoms with E-state index in [4.69, 9.17) is 23.2 Å². The summed E-state index contributed by atoms with van der Waals surface area (Å²) in [6.07, 6.45) is 8.69. The molecule has 34 heavy (non-hydrogen) atoms. The Morgan fingerprint density at radius 1 is 0.971 bits per heavy atom. The molecule has 0 aliphatic carbocycles. The van der Waals surface area contributed by atoms with Crippen LogP contribution in [0, 0.1) is 0 Å². The van der Waals surface area contributed by atoms with Crippen molar-refractivity contribution in [3.63, 3.8) is 0 Å². The zero-order chi connectivity index (χ0) is 23.5. The summed E-state index contributed by atoms with van der Waals surface area (Å²) >= 11 is 12.7. The molecule has 8 heteroatoms. The van der Waals surface area contributed by atoms with Gasteiger partial charge < -0.3 is 5.32 Å². The van der Waals surface area contributed by atoms with Crippen LogP contribution in [0.1, 0.15) is 41.2 Å². The number of hydrogen-bond donors (Lipinski definition) is 1. The summed E-state index contributed by atoms with van der Waals surface area (Å²) in [5, 5.41) is 5.08. The van der Waals surface area contributed by atoms with Gasteiger partial charge in [-0.3, -0.25) is 14.3 Å². The molecule has 3 heterocycles. The highest BCUT2D eigenvalue weighted by atomic mass is 35.5. The van der Waals surface area contributed by atoms with Gasteiger partial charge in [-0.1, -0.05) is 47.8 Å². The van der Waals surface area contributed by atoms with Gasteiger partial charge in [-0.05, 0) is 61.8 Å². The molecule has 2 aromatic carbocycles. The third kappa shape index (κ3) is 4.67. The Bertz CT molecular complexity index is 1280. The lowest BCUT2D eigenvalue weighted by molar-refractivity contribution is 0.0926. The molecule has 1 aliphatic rings. The number of hydrogen-bond acceptors (Lipinski definition) is 4. The van der Waals surface area contributed by atoms with Gasteiger partial charge in [0.1, 0.15) is 0 Å². The molecule has 1 unspecified atom stereocenters. The average molecular weight is 494 g/mol. The number of nitrogens with one attached hydrogen (secondary N) is 1. The van der Waals surface area contributed by atoms with Crippen molar-refractivity contribution in [3.8, 4) is 5.95 Å². The number of aromatic nitrogens is 3. The molecule has 174 valence electrons. The summed E-state index contributed by atoms with van der Waals surface area (Å²) in [5.41, 5.74) is 2.43. The molecule has 0 saturated carbocycles. The van der Waals surface area contributed by atoms with Crippen molar-refractivity contribution in [1.82, 2.24) is 24.8 Å². The van der Waals surface area contributed by atoms with Crippen molar-refractivity contribution < 1.29 is 4.79 Å². The minimum Gasteiger partial charge on any atom is -0.350 e. The predicted molar refractivity (Wildman–Crippen MR) is 136 cm³/mol. The SMILES string of the molecule is O=C(NCC(c1ccc(Cl)cc1)N1CCCCC1)c1cn(-c2ncccn2)c2cccc(Cl)c12. The van der Waals surface area contributed by atoms with Crippen LogP contribution in [-0.2, 0) is 0 Å². The Balaban J connectivity index is 1.45. The van der Waals surface area contributed by atoms with E-state index in [0.717, 1.165) is 37.0 Å². The van der Waals surface area contributed by atoms with Crippen LogP contribution in [0.15, 0.2) is 67.1 Å². The summed E-state index contributed by atoms with van der Waals surface area (Å²) < 4.78 is 1.80. The van der Waals surface area contributed by atoms with Crippen molar-refractivity contribution >= 4 is 40.0 Å². The number of likely N-dealkylation sites (tertiary alicyclic amines) is 1. The second-order valence-corrected chi connectivity index (χ2v) is 9.31. The second-order valence-electron chi connectivity index (χ2n) is 8.47. The summed E-state index contributed by atoms with van der Waals surface area (Å²) in [7, 11) is 0. The number of benzene rings is 2. The maximum absolute atomic E-state index is 13.5. The quantitative estimate of drug-likeness (QED) is 0.375. The summed E-state index contributed by atoms with van der Waals surface area (Å²) in [6, 6.07) is 15.3. The van der Waals surface area contributed by atoms with E-state index in [2.05, 4.69) is 20.2 Å². The van der Waals surface area contributed by atoms with Crippen molar-refractivity contribution in [2.24, 2.45) is 0 Å². The first-order valence-electron chi connectivity index (χ1n) is 11.5. The van der Waals surface area contributed by atoms with Gasteiger partial charge in [-0.25, -0.2) is 9.97 Å². The largest absolute Gasteiger partial charge is 0.350 e. The highest BCUT2D eigenvalue weighted by Crippen LogP contribution is 2.31. The molecule has 1 amide bonds. The van der Waals surface area contributed by atoms with E-state index < -0.39 is 0 Å².